The summed E-state index contributed by atoms with van der Waals surface area (Å²) in [5, 5.41) is 0. The molecule has 0 fully saturated rings. The Kier molecular flexibility index (Phi) is 1.70. The van der Waals surface area contributed by atoms with Crippen molar-refractivity contribution in [3.8, 4) is 0 Å². The van der Waals surface area contributed by atoms with E-state index in [0.29, 0.717) is 0 Å². The van der Waals surface area contributed by atoms with Crippen LogP contribution in [0.1, 0.15) is 0 Å². The fourth-order valence-electron chi connectivity index (χ4n) is 0.472. The Labute approximate surface area is 43.3 Å². The Balaban J connectivity index is 2.39. The topological polar surface area (TPSA) is 9.23 Å². The minimum Gasteiger partial charge on any atom is -0.373 e. The van der Waals surface area contributed by atoms with E-state index in [1.807, 2.05) is 24.3 Å². The van der Waals surface area contributed by atoms with Crippen LogP contribution in [0.15, 0.2) is 24.3 Å². The number of hydrogen-bond acceptors (Lipinski definition) is 1. The van der Waals surface area contributed by atoms with E-state index >= 15 is 0 Å². The molecule has 0 saturated carbocycles. The maximum atomic E-state index is 5.02. The lowest BCUT2D eigenvalue weighted by molar-refractivity contribution is 0.195. The van der Waals surface area contributed by atoms with Crippen molar-refractivity contribution in [3.63, 3.8) is 0 Å². The Hall–Kier alpha value is -0.560. The van der Waals surface area contributed by atoms with Gasteiger partial charge in [0.1, 0.15) is 0 Å². The molecular formula is C6H8O. The molecule has 0 saturated heterocycles. The van der Waals surface area contributed by atoms with Crippen LogP contribution in [-0.4, -0.2) is 13.2 Å². The molecule has 0 aromatic heterocycles. The molecule has 0 aliphatic carbocycles. The summed E-state index contributed by atoms with van der Waals surface area (Å²) in [6, 6.07) is 0. The van der Waals surface area contributed by atoms with E-state index in [4.69, 9.17) is 4.74 Å². The third-order valence-electron chi connectivity index (χ3n) is 0.811. The van der Waals surface area contributed by atoms with Gasteiger partial charge in [-0.05, 0) is 0 Å². The number of hydrogen-bond donors (Lipinski definition) is 0. The van der Waals surface area contributed by atoms with Crippen molar-refractivity contribution in [2.45, 2.75) is 0 Å². The third-order valence-corrected chi connectivity index (χ3v) is 0.811. The summed E-state index contributed by atoms with van der Waals surface area (Å²) in [4.78, 5) is 0. The minimum atomic E-state index is 0.757. The molecule has 1 heterocycles. The molecule has 1 aliphatic rings. The second-order valence-electron chi connectivity index (χ2n) is 1.39. The molecule has 1 heteroatoms. The average molecular weight is 96.1 g/mol. The molecule has 0 unspecified atom stereocenters. The Bertz CT molecular complexity index is 80.4. The monoisotopic (exact) mass is 96.1 g/mol. The molecule has 7 heavy (non-hydrogen) atoms. The van der Waals surface area contributed by atoms with E-state index in [2.05, 4.69) is 0 Å². The van der Waals surface area contributed by atoms with Crippen molar-refractivity contribution in [1.82, 2.24) is 0 Å². The first-order chi connectivity index (χ1) is 3.50. The van der Waals surface area contributed by atoms with Crippen molar-refractivity contribution >= 4 is 0 Å². The molecule has 38 valence electrons. The lowest BCUT2D eigenvalue weighted by Crippen LogP contribution is -1.86. The predicted octanol–water partition coefficient (Wildman–Crippen LogP) is 1.13. The quantitative estimate of drug-likeness (QED) is 0.439. The summed E-state index contributed by atoms with van der Waals surface area (Å²) in [6.45, 7) is 1.51. The van der Waals surface area contributed by atoms with Crippen molar-refractivity contribution in [2.24, 2.45) is 0 Å². The summed E-state index contributed by atoms with van der Waals surface area (Å²) in [5.74, 6) is 0. The van der Waals surface area contributed by atoms with Gasteiger partial charge in [-0.1, -0.05) is 24.3 Å². The van der Waals surface area contributed by atoms with E-state index in [1.165, 1.54) is 0 Å². The Morgan fingerprint density at radius 2 is 1.57 bits per heavy atom. The first kappa shape index (κ1) is 4.60. The van der Waals surface area contributed by atoms with Crippen LogP contribution in [0, 0.1) is 0 Å². The van der Waals surface area contributed by atoms with Gasteiger partial charge < -0.3 is 4.74 Å². The first-order valence-electron chi connectivity index (χ1n) is 2.39. The maximum Gasteiger partial charge on any atom is 0.0654 e. The van der Waals surface area contributed by atoms with Gasteiger partial charge in [-0.2, -0.15) is 0 Å². The molecule has 1 rings (SSSR count). The minimum absolute atomic E-state index is 0.757. The molecular weight excluding hydrogens is 88.1 g/mol. The van der Waals surface area contributed by atoms with E-state index in [1.54, 1.807) is 0 Å². The van der Waals surface area contributed by atoms with Gasteiger partial charge in [-0.15, -0.1) is 0 Å². The van der Waals surface area contributed by atoms with Crippen molar-refractivity contribution < 1.29 is 4.74 Å². The zero-order chi connectivity index (χ0) is 4.95. The Morgan fingerprint density at radius 1 is 1.00 bits per heavy atom. The van der Waals surface area contributed by atoms with Gasteiger partial charge >= 0.3 is 0 Å². The number of ether oxygens (including phenoxy) is 1. The third kappa shape index (κ3) is 1.55. The van der Waals surface area contributed by atoms with Gasteiger partial charge in [0.15, 0.2) is 0 Å². The summed E-state index contributed by atoms with van der Waals surface area (Å²) < 4.78 is 5.02. The van der Waals surface area contributed by atoms with Crippen LogP contribution in [0.2, 0.25) is 0 Å². The van der Waals surface area contributed by atoms with Gasteiger partial charge in [0, 0.05) is 0 Å². The smallest absolute Gasteiger partial charge is 0.0654 e. The molecule has 0 radical (unpaired) electrons. The zero-order valence-corrected chi connectivity index (χ0v) is 4.13. The van der Waals surface area contributed by atoms with Gasteiger partial charge in [0.25, 0.3) is 0 Å². The van der Waals surface area contributed by atoms with Crippen LogP contribution in [-0.2, 0) is 4.74 Å². The van der Waals surface area contributed by atoms with E-state index in [0.717, 1.165) is 13.2 Å². The van der Waals surface area contributed by atoms with Crippen molar-refractivity contribution in [2.75, 3.05) is 13.2 Å². The highest BCUT2D eigenvalue weighted by atomic mass is 16.5. The molecule has 1 aliphatic heterocycles. The molecule has 0 atom stereocenters. The highest BCUT2D eigenvalue weighted by Gasteiger charge is 1.79. The molecule has 0 aromatic rings. The standard InChI is InChI=1S/C6H8O/c1-2-4-6-7-5-3-1/h1-4H,5-6H2. The lowest BCUT2D eigenvalue weighted by atomic mass is 10.5. The summed E-state index contributed by atoms with van der Waals surface area (Å²) in [6.07, 6.45) is 7.97. The van der Waals surface area contributed by atoms with Gasteiger partial charge in [-0.3, -0.25) is 0 Å². The fourth-order valence-corrected chi connectivity index (χ4v) is 0.472. The zero-order valence-electron chi connectivity index (χ0n) is 4.13. The highest BCUT2D eigenvalue weighted by molar-refractivity contribution is 5.04. The fraction of sp³-hybridized carbons (Fsp3) is 0.333. The predicted molar refractivity (Wildman–Crippen MR) is 29.1 cm³/mol. The molecule has 0 N–H and O–H groups in total. The maximum absolute atomic E-state index is 5.02. The summed E-state index contributed by atoms with van der Waals surface area (Å²) in [7, 11) is 0. The molecule has 0 amide bonds. The second kappa shape index (κ2) is 2.59. The average Bonchev–Trinajstić information content (AvgIpc) is 1.90. The highest BCUT2D eigenvalue weighted by Crippen LogP contribution is 1.86. The molecule has 0 aromatic carbocycles. The summed E-state index contributed by atoms with van der Waals surface area (Å²) >= 11 is 0. The lowest BCUT2D eigenvalue weighted by Gasteiger charge is -1.88. The normalized spacial score (nSPS) is 19.4. The van der Waals surface area contributed by atoms with Gasteiger partial charge in [-0.25, -0.2) is 0 Å². The first-order valence-corrected chi connectivity index (χ1v) is 2.39. The Morgan fingerprint density at radius 3 is 2.14 bits per heavy atom. The van der Waals surface area contributed by atoms with Crippen molar-refractivity contribution in [3.05, 3.63) is 24.3 Å². The van der Waals surface area contributed by atoms with Crippen molar-refractivity contribution in [1.29, 1.82) is 0 Å². The number of rotatable bonds is 0. The van der Waals surface area contributed by atoms with E-state index in [-0.39, 0.29) is 0 Å². The largest absolute Gasteiger partial charge is 0.373 e. The van der Waals surface area contributed by atoms with E-state index in [9.17, 15) is 0 Å². The SMILES string of the molecule is C1=CCOCC=C1. The van der Waals surface area contributed by atoms with Crippen LogP contribution in [0.3, 0.4) is 0 Å². The molecule has 1 nitrogen and oxygen atoms in total. The van der Waals surface area contributed by atoms with Gasteiger partial charge in [0.2, 0.25) is 0 Å². The van der Waals surface area contributed by atoms with E-state index < -0.39 is 0 Å². The number of allylic oxidation sites excluding steroid dienone is 2. The van der Waals surface area contributed by atoms with Crippen LogP contribution >= 0.6 is 0 Å². The molecule has 0 bridgehead atoms. The van der Waals surface area contributed by atoms with Crippen LogP contribution in [0.25, 0.3) is 0 Å². The van der Waals surface area contributed by atoms with Crippen LogP contribution in [0.5, 0.6) is 0 Å². The van der Waals surface area contributed by atoms with Crippen LogP contribution < -0.4 is 0 Å². The summed E-state index contributed by atoms with van der Waals surface area (Å²) in [5.41, 5.74) is 0. The van der Waals surface area contributed by atoms with Gasteiger partial charge in [0.05, 0.1) is 13.2 Å². The second-order valence-corrected chi connectivity index (χ2v) is 1.39. The molecule has 0 spiro atoms. The van der Waals surface area contributed by atoms with Crippen LogP contribution in [0.4, 0.5) is 0 Å².